The van der Waals surface area contributed by atoms with E-state index in [0.29, 0.717) is 24.4 Å². The first kappa shape index (κ1) is 12.6. The van der Waals surface area contributed by atoms with E-state index in [9.17, 15) is 9.59 Å². The summed E-state index contributed by atoms with van der Waals surface area (Å²) < 4.78 is 0. The lowest BCUT2D eigenvalue weighted by Crippen LogP contribution is -2.29. The first-order valence-electron chi connectivity index (χ1n) is 6.23. The summed E-state index contributed by atoms with van der Waals surface area (Å²) in [4.78, 5) is 24.9. The van der Waals surface area contributed by atoms with E-state index in [0.717, 1.165) is 18.4 Å². The molecule has 0 bridgehead atoms. The molecule has 0 heterocycles. The van der Waals surface area contributed by atoms with Crippen molar-refractivity contribution in [3.8, 4) is 0 Å². The molecule has 4 nitrogen and oxygen atoms in total. The van der Waals surface area contributed by atoms with Gasteiger partial charge in [0, 0.05) is 25.1 Å². The van der Waals surface area contributed by atoms with Gasteiger partial charge in [0.25, 0.3) is 0 Å². The second kappa shape index (κ2) is 5.21. The number of nitrogens with two attached hydrogens (primary N) is 1. The number of hydrogen-bond acceptors (Lipinski definition) is 2. The Morgan fingerprint density at radius 2 is 2.00 bits per heavy atom. The van der Waals surface area contributed by atoms with Crippen molar-refractivity contribution >= 4 is 11.8 Å². The lowest BCUT2D eigenvalue weighted by molar-refractivity contribution is -0.130. The fourth-order valence-electron chi connectivity index (χ4n) is 2.06. The van der Waals surface area contributed by atoms with E-state index < -0.39 is 5.91 Å². The zero-order valence-electron chi connectivity index (χ0n) is 10.6. The van der Waals surface area contributed by atoms with Crippen molar-refractivity contribution in [3.63, 3.8) is 0 Å². The van der Waals surface area contributed by atoms with Gasteiger partial charge in [-0.05, 0) is 30.9 Å². The summed E-state index contributed by atoms with van der Waals surface area (Å²) in [7, 11) is 1.85. The molecule has 0 saturated heterocycles. The molecule has 1 fully saturated rings. The lowest BCUT2D eigenvalue weighted by Gasteiger charge is -2.16. The van der Waals surface area contributed by atoms with Gasteiger partial charge < -0.3 is 10.6 Å². The molecule has 1 aromatic rings. The molecule has 2 amide bonds. The highest BCUT2D eigenvalue weighted by molar-refractivity contribution is 5.94. The van der Waals surface area contributed by atoms with Gasteiger partial charge in [0.15, 0.2) is 0 Å². The van der Waals surface area contributed by atoms with Crippen LogP contribution in [0.15, 0.2) is 24.3 Å². The topological polar surface area (TPSA) is 63.4 Å². The van der Waals surface area contributed by atoms with Gasteiger partial charge in [-0.2, -0.15) is 0 Å². The average Bonchev–Trinajstić information content (AvgIpc) is 3.19. The van der Waals surface area contributed by atoms with Crippen molar-refractivity contribution in [1.82, 2.24) is 4.90 Å². The summed E-state index contributed by atoms with van der Waals surface area (Å²) in [5, 5.41) is 0. The first-order chi connectivity index (χ1) is 8.59. The summed E-state index contributed by atoms with van der Waals surface area (Å²) in [5.41, 5.74) is 6.67. The minimum atomic E-state index is -0.436. The number of hydrogen-bond donors (Lipinski definition) is 1. The molecule has 96 valence electrons. The van der Waals surface area contributed by atoms with Gasteiger partial charge in [0.2, 0.25) is 11.8 Å². The summed E-state index contributed by atoms with van der Waals surface area (Å²) >= 11 is 0. The average molecular weight is 246 g/mol. The minimum Gasteiger partial charge on any atom is -0.366 e. The van der Waals surface area contributed by atoms with Gasteiger partial charge in [-0.1, -0.05) is 18.2 Å². The number of rotatable bonds is 5. The molecule has 1 aromatic carbocycles. The molecule has 0 atom stereocenters. The summed E-state index contributed by atoms with van der Waals surface area (Å²) in [6.07, 6.45) is 3.21. The molecule has 4 heteroatoms. The number of nitrogens with zero attached hydrogens (tertiary/aromatic N) is 1. The maximum absolute atomic E-state index is 11.9. The SMILES string of the molecule is CN(C(=O)CCc1ccccc1C(N)=O)C1CC1. The molecule has 0 radical (unpaired) electrons. The number of amides is 2. The molecule has 18 heavy (non-hydrogen) atoms. The Hall–Kier alpha value is -1.84. The summed E-state index contributed by atoms with van der Waals surface area (Å²) in [6.45, 7) is 0. The van der Waals surface area contributed by atoms with E-state index in [4.69, 9.17) is 5.73 Å². The molecule has 0 aromatic heterocycles. The predicted molar refractivity (Wildman–Crippen MR) is 69.1 cm³/mol. The number of primary amides is 1. The zero-order chi connectivity index (χ0) is 13.1. The second-order valence-electron chi connectivity index (χ2n) is 4.76. The number of benzene rings is 1. The van der Waals surface area contributed by atoms with Gasteiger partial charge in [0.1, 0.15) is 0 Å². The van der Waals surface area contributed by atoms with E-state index >= 15 is 0 Å². The molecular formula is C14H18N2O2. The smallest absolute Gasteiger partial charge is 0.248 e. The van der Waals surface area contributed by atoms with Crippen molar-refractivity contribution < 1.29 is 9.59 Å². The second-order valence-corrected chi connectivity index (χ2v) is 4.76. The first-order valence-corrected chi connectivity index (χ1v) is 6.23. The van der Waals surface area contributed by atoms with Crippen LogP contribution in [0.3, 0.4) is 0 Å². The largest absolute Gasteiger partial charge is 0.366 e. The Balaban J connectivity index is 1.97. The van der Waals surface area contributed by atoms with E-state index in [-0.39, 0.29) is 5.91 Å². The van der Waals surface area contributed by atoms with Crippen LogP contribution in [-0.2, 0) is 11.2 Å². The van der Waals surface area contributed by atoms with Gasteiger partial charge in [-0.25, -0.2) is 0 Å². The molecule has 1 saturated carbocycles. The molecule has 2 rings (SSSR count). The van der Waals surface area contributed by atoms with Crippen LogP contribution < -0.4 is 5.73 Å². The highest BCUT2D eigenvalue weighted by atomic mass is 16.2. The number of carbonyl (C=O) groups is 2. The molecule has 0 spiro atoms. The molecule has 0 aliphatic heterocycles. The highest BCUT2D eigenvalue weighted by Gasteiger charge is 2.29. The van der Waals surface area contributed by atoms with Crippen LogP contribution in [0.25, 0.3) is 0 Å². The monoisotopic (exact) mass is 246 g/mol. The van der Waals surface area contributed by atoms with Crippen LogP contribution in [-0.4, -0.2) is 29.8 Å². The molecule has 2 N–H and O–H groups in total. The van der Waals surface area contributed by atoms with Crippen molar-refractivity contribution in [2.45, 2.75) is 31.7 Å². The van der Waals surface area contributed by atoms with E-state index in [1.54, 1.807) is 12.1 Å². The van der Waals surface area contributed by atoms with Gasteiger partial charge in [0.05, 0.1) is 0 Å². The minimum absolute atomic E-state index is 0.136. The van der Waals surface area contributed by atoms with Crippen LogP contribution in [0.1, 0.15) is 35.2 Å². The van der Waals surface area contributed by atoms with Gasteiger partial charge in [-0.3, -0.25) is 9.59 Å². The molecular weight excluding hydrogens is 228 g/mol. The van der Waals surface area contributed by atoms with Gasteiger partial charge in [-0.15, -0.1) is 0 Å². The zero-order valence-corrected chi connectivity index (χ0v) is 10.6. The van der Waals surface area contributed by atoms with E-state index in [1.807, 2.05) is 24.1 Å². The van der Waals surface area contributed by atoms with Crippen molar-refractivity contribution in [2.75, 3.05) is 7.05 Å². The third-order valence-electron chi connectivity index (χ3n) is 3.38. The summed E-state index contributed by atoms with van der Waals surface area (Å²) in [5.74, 6) is -0.301. The fraction of sp³-hybridized carbons (Fsp3) is 0.429. The number of carbonyl (C=O) groups excluding carboxylic acids is 2. The summed E-state index contributed by atoms with van der Waals surface area (Å²) in [6, 6.07) is 7.62. The maximum Gasteiger partial charge on any atom is 0.248 e. The quantitative estimate of drug-likeness (QED) is 0.852. The van der Waals surface area contributed by atoms with Crippen molar-refractivity contribution in [1.29, 1.82) is 0 Å². The standard InChI is InChI=1S/C14H18N2O2/c1-16(11-7-8-11)13(17)9-6-10-4-2-3-5-12(10)14(15)18/h2-5,11H,6-9H2,1H3,(H2,15,18). The predicted octanol–water partition coefficient (Wildman–Crippen LogP) is 1.34. The van der Waals surface area contributed by atoms with Crippen LogP contribution in [0, 0.1) is 0 Å². The van der Waals surface area contributed by atoms with Crippen LogP contribution >= 0.6 is 0 Å². The van der Waals surface area contributed by atoms with Crippen LogP contribution in [0.4, 0.5) is 0 Å². The fourth-order valence-corrected chi connectivity index (χ4v) is 2.06. The highest BCUT2D eigenvalue weighted by Crippen LogP contribution is 2.26. The lowest BCUT2D eigenvalue weighted by atomic mass is 10.0. The van der Waals surface area contributed by atoms with Gasteiger partial charge >= 0.3 is 0 Å². The third kappa shape index (κ3) is 2.88. The Morgan fingerprint density at radius 3 is 2.61 bits per heavy atom. The Morgan fingerprint density at radius 1 is 1.33 bits per heavy atom. The maximum atomic E-state index is 11.9. The number of aryl methyl sites for hydroxylation is 1. The molecule has 1 aliphatic rings. The van der Waals surface area contributed by atoms with Crippen LogP contribution in [0.2, 0.25) is 0 Å². The normalized spacial score (nSPS) is 14.3. The molecule has 0 unspecified atom stereocenters. The third-order valence-corrected chi connectivity index (χ3v) is 3.38. The van der Waals surface area contributed by atoms with E-state index in [2.05, 4.69) is 0 Å². The molecule has 1 aliphatic carbocycles. The van der Waals surface area contributed by atoms with Crippen LogP contribution in [0.5, 0.6) is 0 Å². The Kier molecular flexibility index (Phi) is 3.65. The Labute approximate surface area is 107 Å². The van der Waals surface area contributed by atoms with Crippen molar-refractivity contribution in [3.05, 3.63) is 35.4 Å². The van der Waals surface area contributed by atoms with Crippen molar-refractivity contribution in [2.24, 2.45) is 5.73 Å². The van der Waals surface area contributed by atoms with E-state index in [1.165, 1.54) is 0 Å². The Bertz CT molecular complexity index is 467.